The summed E-state index contributed by atoms with van der Waals surface area (Å²) in [4.78, 5) is 12.7. The van der Waals surface area contributed by atoms with Crippen LogP contribution in [0.4, 0.5) is 5.69 Å². The number of thiocarbonyl (C=S) groups is 1. The van der Waals surface area contributed by atoms with Gasteiger partial charge in [-0.15, -0.1) is 11.3 Å². The zero-order valence-electron chi connectivity index (χ0n) is 10.7. The molecule has 1 aromatic heterocycles. The molecule has 2 aromatic rings. The maximum absolute atomic E-state index is 11.7. The second kappa shape index (κ2) is 7.21. The van der Waals surface area contributed by atoms with E-state index >= 15 is 0 Å². The minimum atomic E-state index is -0.359. The summed E-state index contributed by atoms with van der Waals surface area (Å²) in [6.45, 7) is 0. The zero-order chi connectivity index (χ0) is 15.2. The van der Waals surface area contributed by atoms with Crippen LogP contribution in [-0.2, 0) is 4.79 Å². The van der Waals surface area contributed by atoms with E-state index < -0.39 is 0 Å². The highest BCUT2D eigenvalue weighted by Gasteiger charge is 2.06. The van der Waals surface area contributed by atoms with Crippen molar-refractivity contribution in [1.82, 2.24) is 5.32 Å². The number of carbonyl (C=O) groups is 1. The highest BCUT2D eigenvalue weighted by Crippen LogP contribution is 2.26. The van der Waals surface area contributed by atoms with Crippen LogP contribution in [0.2, 0.25) is 5.02 Å². The van der Waals surface area contributed by atoms with Crippen LogP contribution in [0.5, 0.6) is 5.75 Å². The number of hydrogen-bond donors (Lipinski definition) is 3. The third-order valence-electron chi connectivity index (χ3n) is 2.39. The Hall–Kier alpha value is -1.89. The quantitative estimate of drug-likeness (QED) is 0.454. The molecule has 0 fully saturated rings. The first-order chi connectivity index (χ1) is 10.0. The van der Waals surface area contributed by atoms with Gasteiger partial charge in [-0.3, -0.25) is 10.1 Å². The van der Waals surface area contributed by atoms with E-state index in [0.717, 1.165) is 4.88 Å². The third kappa shape index (κ3) is 4.86. The molecule has 2 rings (SSSR count). The summed E-state index contributed by atoms with van der Waals surface area (Å²) in [5.41, 5.74) is 0.329. The van der Waals surface area contributed by atoms with Crippen LogP contribution in [0.15, 0.2) is 41.8 Å². The van der Waals surface area contributed by atoms with Crippen molar-refractivity contribution < 1.29 is 9.90 Å². The monoisotopic (exact) mass is 338 g/mol. The fourth-order valence-corrected chi connectivity index (χ4v) is 2.46. The maximum atomic E-state index is 11.7. The predicted octanol–water partition coefficient (Wildman–Crippen LogP) is 3.63. The number of hydrogen-bond acceptors (Lipinski definition) is 4. The smallest absolute Gasteiger partial charge is 0.250 e. The second-order valence-electron chi connectivity index (χ2n) is 3.95. The molecule has 7 heteroatoms. The first-order valence-electron chi connectivity index (χ1n) is 5.86. The van der Waals surface area contributed by atoms with Crippen molar-refractivity contribution >= 4 is 57.9 Å². The fourth-order valence-electron chi connectivity index (χ4n) is 1.46. The minimum absolute atomic E-state index is 0.00914. The summed E-state index contributed by atoms with van der Waals surface area (Å²) < 4.78 is 0. The van der Waals surface area contributed by atoms with Gasteiger partial charge in [0.1, 0.15) is 5.75 Å². The van der Waals surface area contributed by atoms with Crippen molar-refractivity contribution in [2.24, 2.45) is 0 Å². The molecule has 1 aromatic carbocycles. The Bertz CT molecular complexity index is 684. The van der Waals surface area contributed by atoms with Crippen molar-refractivity contribution in [1.29, 1.82) is 0 Å². The first kappa shape index (κ1) is 15.5. The lowest BCUT2D eigenvalue weighted by Gasteiger charge is -2.09. The van der Waals surface area contributed by atoms with Gasteiger partial charge in [-0.1, -0.05) is 17.7 Å². The number of rotatable bonds is 3. The second-order valence-corrected chi connectivity index (χ2v) is 5.78. The minimum Gasteiger partial charge on any atom is -0.506 e. The Balaban J connectivity index is 1.92. The molecule has 0 saturated carbocycles. The Labute approximate surface area is 136 Å². The highest BCUT2D eigenvalue weighted by atomic mass is 35.5. The predicted molar refractivity (Wildman–Crippen MR) is 90.8 cm³/mol. The van der Waals surface area contributed by atoms with Gasteiger partial charge in [-0.2, -0.15) is 0 Å². The van der Waals surface area contributed by atoms with Crippen LogP contribution in [0.1, 0.15) is 4.88 Å². The molecule has 0 aliphatic heterocycles. The lowest BCUT2D eigenvalue weighted by molar-refractivity contribution is -0.115. The average molecular weight is 339 g/mol. The van der Waals surface area contributed by atoms with Crippen LogP contribution < -0.4 is 10.6 Å². The first-order valence-corrected chi connectivity index (χ1v) is 7.53. The van der Waals surface area contributed by atoms with Gasteiger partial charge < -0.3 is 10.4 Å². The number of thiophene rings is 1. The lowest BCUT2D eigenvalue weighted by Crippen LogP contribution is -2.32. The molecule has 3 N–H and O–H groups in total. The van der Waals surface area contributed by atoms with Gasteiger partial charge in [0.25, 0.3) is 0 Å². The zero-order valence-corrected chi connectivity index (χ0v) is 13.1. The summed E-state index contributed by atoms with van der Waals surface area (Å²) in [6.07, 6.45) is 3.08. The SMILES string of the molecule is O=C(/C=C/c1cccs1)NC(=S)Nc1cc(Cl)ccc1O. The molecule has 4 nitrogen and oxygen atoms in total. The molecular weight excluding hydrogens is 328 g/mol. The molecule has 0 bridgehead atoms. The molecule has 0 spiro atoms. The summed E-state index contributed by atoms with van der Waals surface area (Å²) in [5.74, 6) is -0.368. The number of halogens is 1. The van der Waals surface area contributed by atoms with E-state index in [1.54, 1.807) is 12.1 Å². The maximum Gasteiger partial charge on any atom is 0.250 e. The molecular formula is C14H11ClN2O2S2. The van der Waals surface area contributed by atoms with Crippen molar-refractivity contribution in [2.45, 2.75) is 0 Å². The van der Waals surface area contributed by atoms with Crippen molar-refractivity contribution in [3.8, 4) is 5.75 Å². The third-order valence-corrected chi connectivity index (χ3v) is 3.66. The Morgan fingerprint density at radius 1 is 1.38 bits per heavy atom. The number of anilines is 1. The van der Waals surface area contributed by atoms with Crippen LogP contribution >= 0.6 is 35.2 Å². The van der Waals surface area contributed by atoms with Crippen LogP contribution in [0.3, 0.4) is 0 Å². The van der Waals surface area contributed by atoms with Gasteiger partial charge in [0.2, 0.25) is 5.91 Å². The molecule has 0 atom stereocenters. The number of phenols is 1. The average Bonchev–Trinajstić information content (AvgIpc) is 2.94. The molecule has 0 radical (unpaired) electrons. The van der Waals surface area contributed by atoms with E-state index in [1.807, 2.05) is 17.5 Å². The largest absolute Gasteiger partial charge is 0.506 e. The summed E-state index contributed by atoms with van der Waals surface area (Å²) >= 11 is 12.3. The van der Waals surface area contributed by atoms with E-state index in [9.17, 15) is 9.90 Å². The molecule has 1 heterocycles. The van der Waals surface area contributed by atoms with E-state index in [0.29, 0.717) is 10.7 Å². The van der Waals surface area contributed by atoms with E-state index in [2.05, 4.69) is 10.6 Å². The Morgan fingerprint density at radius 2 is 2.19 bits per heavy atom. The molecule has 1 amide bonds. The summed E-state index contributed by atoms with van der Waals surface area (Å²) in [5, 5.41) is 17.3. The van der Waals surface area contributed by atoms with Crippen LogP contribution in [-0.4, -0.2) is 16.1 Å². The number of aromatic hydroxyl groups is 1. The molecule has 0 aliphatic carbocycles. The fraction of sp³-hybridized carbons (Fsp3) is 0. The van der Waals surface area contributed by atoms with Gasteiger partial charge in [0, 0.05) is 16.0 Å². The number of benzene rings is 1. The normalized spacial score (nSPS) is 10.5. The van der Waals surface area contributed by atoms with Gasteiger partial charge in [0.15, 0.2) is 5.11 Å². The van der Waals surface area contributed by atoms with E-state index in [-0.39, 0.29) is 16.8 Å². The molecule has 108 valence electrons. The van der Waals surface area contributed by atoms with Crippen molar-refractivity contribution in [2.75, 3.05) is 5.32 Å². The Morgan fingerprint density at radius 3 is 2.90 bits per heavy atom. The lowest BCUT2D eigenvalue weighted by atomic mass is 10.3. The van der Waals surface area contributed by atoms with Crippen LogP contribution in [0, 0.1) is 0 Å². The summed E-state index contributed by atoms with van der Waals surface area (Å²) in [7, 11) is 0. The molecule has 0 aliphatic rings. The molecule has 0 saturated heterocycles. The van der Waals surface area contributed by atoms with Gasteiger partial charge in [0.05, 0.1) is 5.69 Å². The van der Waals surface area contributed by atoms with Crippen LogP contribution in [0.25, 0.3) is 6.08 Å². The van der Waals surface area contributed by atoms with Crippen molar-refractivity contribution in [3.63, 3.8) is 0 Å². The highest BCUT2D eigenvalue weighted by molar-refractivity contribution is 7.80. The number of amides is 1. The van der Waals surface area contributed by atoms with Gasteiger partial charge >= 0.3 is 0 Å². The van der Waals surface area contributed by atoms with Gasteiger partial charge in [-0.25, -0.2) is 0 Å². The van der Waals surface area contributed by atoms with Crippen molar-refractivity contribution in [3.05, 3.63) is 51.7 Å². The molecule has 21 heavy (non-hydrogen) atoms. The number of nitrogens with one attached hydrogen (secondary N) is 2. The molecule has 0 unspecified atom stereocenters. The summed E-state index contributed by atoms with van der Waals surface area (Å²) in [6, 6.07) is 8.29. The topological polar surface area (TPSA) is 61.4 Å². The Kier molecular flexibility index (Phi) is 5.32. The van der Waals surface area contributed by atoms with E-state index in [1.165, 1.54) is 29.5 Å². The number of carbonyl (C=O) groups excluding carboxylic acids is 1. The van der Waals surface area contributed by atoms with E-state index in [4.69, 9.17) is 23.8 Å². The number of phenolic OH excluding ortho intramolecular Hbond substituents is 1. The van der Waals surface area contributed by atoms with Gasteiger partial charge in [-0.05, 0) is 47.9 Å². The standard InChI is InChI=1S/C14H11ClN2O2S2/c15-9-3-5-12(18)11(8-9)16-14(20)17-13(19)6-4-10-2-1-7-21-10/h1-8,18H,(H2,16,17,19,20)/b6-4+.